The molecular formula is C15H28N2. The van der Waals surface area contributed by atoms with E-state index in [2.05, 4.69) is 24.1 Å². The average molecular weight is 236 g/mol. The minimum absolute atomic E-state index is 0.642. The third-order valence-electron chi connectivity index (χ3n) is 5.84. The second-order valence-corrected chi connectivity index (χ2v) is 7.01. The van der Waals surface area contributed by atoms with Crippen molar-refractivity contribution in [3.05, 3.63) is 0 Å². The Bertz CT molecular complexity index is 268. The number of hydrogen-bond donors (Lipinski definition) is 1. The SMILES string of the molecule is CCC1(C)CCN(CC2CC3CCC2N3)CC1. The van der Waals surface area contributed by atoms with Gasteiger partial charge in [0.25, 0.3) is 0 Å². The summed E-state index contributed by atoms with van der Waals surface area (Å²) >= 11 is 0. The van der Waals surface area contributed by atoms with Crippen molar-refractivity contribution in [2.45, 2.75) is 64.5 Å². The number of likely N-dealkylation sites (tertiary alicyclic amines) is 1. The van der Waals surface area contributed by atoms with E-state index in [9.17, 15) is 0 Å². The molecule has 98 valence electrons. The van der Waals surface area contributed by atoms with Crippen LogP contribution in [0.3, 0.4) is 0 Å². The van der Waals surface area contributed by atoms with Crippen molar-refractivity contribution < 1.29 is 0 Å². The second-order valence-electron chi connectivity index (χ2n) is 7.01. The van der Waals surface area contributed by atoms with Crippen molar-refractivity contribution in [1.29, 1.82) is 0 Å². The molecule has 0 aromatic heterocycles. The van der Waals surface area contributed by atoms with Crippen LogP contribution in [0.5, 0.6) is 0 Å². The van der Waals surface area contributed by atoms with Gasteiger partial charge in [-0.15, -0.1) is 0 Å². The lowest BCUT2D eigenvalue weighted by atomic mass is 9.78. The number of piperidine rings is 1. The molecule has 0 aromatic carbocycles. The molecule has 3 saturated heterocycles. The number of nitrogens with zero attached hydrogens (tertiary/aromatic N) is 1. The van der Waals surface area contributed by atoms with Gasteiger partial charge in [0.2, 0.25) is 0 Å². The largest absolute Gasteiger partial charge is 0.311 e. The van der Waals surface area contributed by atoms with Gasteiger partial charge in [-0.25, -0.2) is 0 Å². The van der Waals surface area contributed by atoms with Gasteiger partial charge < -0.3 is 10.2 Å². The topological polar surface area (TPSA) is 15.3 Å². The van der Waals surface area contributed by atoms with Crippen LogP contribution in [0, 0.1) is 11.3 Å². The van der Waals surface area contributed by atoms with Gasteiger partial charge in [-0.2, -0.15) is 0 Å². The van der Waals surface area contributed by atoms with Crippen LogP contribution in [-0.2, 0) is 0 Å². The number of fused-ring (bicyclic) bond motifs is 2. The van der Waals surface area contributed by atoms with Crippen LogP contribution in [-0.4, -0.2) is 36.6 Å². The zero-order chi connectivity index (χ0) is 11.9. The average Bonchev–Trinajstić information content (AvgIpc) is 2.94. The molecule has 0 spiro atoms. The summed E-state index contributed by atoms with van der Waals surface area (Å²) in [7, 11) is 0. The molecule has 2 bridgehead atoms. The summed E-state index contributed by atoms with van der Waals surface area (Å²) in [6.07, 6.45) is 8.52. The van der Waals surface area contributed by atoms with Crippen molar-refractivity contribution in [3.8, 4) is 0 Å². The maximum absolute atomic E-state index is 3.77. The molecule has 1 N–H and O–H groups in total. The van der Waals surface area contributed by atoms with Crippen LogP contribution < -0.4 is 5.32 Å². The highest BCUT2D eigenvalue weighted by atomic mass is 15.2. The van der Waals surface area contributed by atoms with E-state index in [4.69, 9.17) is 0 Å². The Kier molecular flexibility index (Phi) is 3.20. The molecule has 3 fully saturated rings. The fraction of sp³-hybridized carbons (Fsp3) is 1.00. The van der Waals surface area contributed by atoms with Gasteiger partial charge in [0.15, 0.2) is 0 Å². The minimum atomic E-state index is 0.642. The molecule has 3 unspecified atom stereocenters. The molecule has 0 amide bonds. The molecule has 3 aliphatic heterocycles. The van der Waals surface area contributed by atoms with Crippen molar-refractivity contribution >= 4 is 0 Å². The van der Waals surface area contributed by atoms with E-state index in [1.165, 1.54) is 58.2 Å². The summed E-state index contributed by atoms with van der Waals surface area (Å²) in [5.41, 5.74) is 0.642. The van der Waals surface area contributed by atoms with Crippen LogP contribution in [0.25, 0.3) is 0 Å². The molecule has 3 heterocycles. The van der Waals surface area contributed by atoms with Gasteiger partial charge in [0.05, 0.1) is 0 Å². The lowest BCUT2D eigenvalue weighted by Crippen LogP contribution is -2.42. The van der Waals surface area contributed by atoms with E-state index in [-0.39, 0.29) is 0 Å². The molecule has 0 aromatic rings. The lowest BCUT2D eigenvalue weighted by Gasteiger charge is -2.40. The molecule has 2 heteroatoms. The molecule has 0 aliphatic carbocycles. The maximum atomic E-state index is 3.77. The Labute approximate surface area is 106 Å². The number of rotatable bonds is 3. The Morgan fingerprint density at radius 1 is 1.24 bits per heavy atom. The van der Waals surface area contributed by atoms with Crippen LogP contribution in [0.15, 0.2) is 0 Å². The van der Waals surface area contributed by atoms with Gasteiger partial charge in [0.1, 0.15) is 0 Å². The number of nitrogens with one attached hydrogen (secondary N) is 1. The molecule has 3 rings (SSSR count). The van der Waals surface area contributed by atoms with Crippen LogP contribution in [0.4, 0.5) is 0 Å². The highest BCUT2D eigenvalue weighted by molar-refractivity contribution is 4.98. The summed E-state index contributed by atoms with van der Waals surface area (Å²) in [6.45, 7) is 8.89. The molecule has 2 nitrogen and oxygen atoms in total. The first-order chi connectivity index (χ1) is 8.18. The highest BCUT2D eigenvalue weighted by Gasteiger charge is 2.40. The van der Waals surface area contributed by atoms with Crippen molar-refractivity contribution in [1.82, 2.24) is 10.2 Å². The van der Waals surface area contributed by atoms with Gasteiger partial charge >= 0.3 is 0 Å². The molecular weight excluding hydrogens is 208 g/mol. The van der Waals surface area contributed by atoms with E-state index >= 15 is 0 Å². The summed E-state index contributed by atoms with van der Waals surface area (Å²) in [5.74, 6) is 0.958. The molecule has 0 saturated carbocycles. The Morgan fingerprint density at radius 2 is 2.00 bits per heavy atom. The van der Waals surface area contributed by atoms with Crippen molar-refractivity contribution in [2.75, 3.05) is 19.6 Å². The quantitative estimate of drug-likeness (QED) is 0.810. The molecule has 3 atom stereocenters. The standard InChI is InChI=1S/C15H28N2/c1-3-15(2)6-8-17(9-7-15)11-12-10-13-4-5-14(12)16-13/h12-14,16H,3-11H2,1-2H3. The molecule has 3 aliphatic rings. The molecule has 17 heavy (non-hydrogen) atoms. The summed E-state index contributed by atoms with van der Waals surface area (Å²) in [4.78, 5) is 2.74. The third-order valence-corrected chi connectivity index (χ3v) is 5.84. The third kappa shape index (κ3) is 2.39. The van der Waals surface area contributed by atoms with E-state index < -0.39 is 0 Å². The van der Waals surface area contributed by atoms with E-state index in [0.717, 1.165) is 18.0 Å². The summed E-state index contributed by atoms with van der Waals surface area (Å²) < 4.78 is 0. The maximum Gasteiger partial charge on any atom is 0.0111 e. The van der Waals surface area contributed by atoms with Crippen molar-refractivity contribution in [2.24, 2.45) is 11.3 Å². The van der Waals surface area contributed by atoms with E-state index in [0.29, 0.717) is 5.41 Å². The van der Waals surface area contributed by atoms with Gasteiger partial charge in [0, 0.05) is 18.6 Å². The van der Waals surface area contributed by atoms with Gasteiger partial charge in [-0.05, 0) is 56.5 Å². The zero-order valence-electron chi connectivity index (χ0n) is 11.5. The Balaban J connectivity index is 1.48. The van der Waals surface area contributed by atoms with Gasteiger partial charge in [-0.3, -0.25) is 0 Å². The number of hydrogen-bond acceptors (Lipinski definition) is 2. The zero-order valence-corrected chi connectivity index (χ0v) is 11.5. The van der Waals surface area contributed by atoms with E-state index in [1.54, 1.807) is 0 Å². The first-order valence-corrected chi connectivity index (χ1v) is 7.67. The molecule has 0 radical (unpaired) electrons. The lowest BCUT2D eigenvalue weighted by molar-refractivity contribution is 0.0970. The van der Waals surface area contributed by atoms with Crippen LogP contribution >= 0.6 is 0 Å². The van der Waals surface area contributed by atoms with Crippen molar-refractivity contribution in [3.63, 3.8) is 0 Å². The Hall–Kier alpha value is -0.0800. The first-order valence-electron chi connectivity index (χ1n) is 7.67. The monoisotopic (exact) mass is 236 g/mol. The highest BCUT2D eigenvalue weighted by Crippen LogP contribution is 2.37. The second kappa shape index (κ2) is 4.55. The van der Waals surface area contributed by atoms with Crippen LogP contribution in [0.2, 0.25) is 0 Å². The predicted octanol–water partition coefficient (Wildman–Crippen LogP) is 2.64. The van der Waals surface area contributed by atoms with Crippen LogP contribution in [0.1, 0.15) is 52.4 Å². The van der Waals surface area contributed by atoms with E-state index in [1.807, 2.05) is 0 Å². The first kappa shape index (κ1) is 12.0. The fourth-order valence-electron chi connectivity index (χ4n) is 4.10. The Morgan fingerprint density at radius 3 is 2.53 bits per heavy atom. The minimum Gasteiger partial charge on any atom is -0.311 e. The predicted molar refractivity (Wildman–Crippen MR) is 72.1 cm³/mol. The summed E-state index contributed by atoms with van der Waals surface area (Å²) in [5, 5.41) is 3.77. The summed E-state index contributed by atoms with van der Waals surface area (Å²) in [6, 6.07) is 1.73. The smallest absolute Gasteiger partial charge is 0.0111 e. The van der Waals surface area contributed by atoms with Gasteiger partial charge in [-0.1, -0.05) is 20.3 Å². The normalized spacial score (nSPS) is 40.9. The fourth-order valence-corrected chi connectivity index (χ4v) is 4.10.